The third-order valence-electron chi connectivity index (χ3n) is 2.79. The van der Waals surface area contributed by atoms with E-state index < -0.39 is 0 Å². The van der Waals surface area contributed by atoms with Crippen molar-refractivity contribution in [3.8, 4) is 0 Å². The first-order chi connectivity index (χ1) is 7.84. The van der Waals surface area contributed by atoms with Gasteiger partial charge >= 0.3 is 0 Å². The highest BCUT2D eigenvalue weighted by atomic mass is 32.2. The van der Waals surface area contributed by atoms with Gasteiger partial charge in [0, 0.05) is 10.1 Å². The van der Waals surface area contributed by atoms with Gasteiger partial charge < -0.3 is 5.32 Å². The fourth-order valence-electron chi connectivity index (χ4n) is 1.90. The number of hydrogen-bond donors (Lipinski definition) is 1. The van der Waals surface area contributed by atoms with Crippen molar-refractivity contribution in [2.24, 2.45) is 0 Å². The highest BCUT2D eigenvalue weighted by molar-refractivity contribution is 8.00. The summed E-state index contributed by atoms with van der Waals surface area (Å²) >= 11 is 3.51. The smallest absolute Gasteiger partial charge is 0.230 e. The molecule has 0 aromatic carbocycles. The number of thiophene rings is 1. The van der Waals surface area contributed by atoms with Crippen LogP contribution in [0.5, 0.6) is 0 Å². The van der Waals surface area contributed by atoms with Gasteiger partial charge in [0.1, 0.15) is 0 Å². The van der Waals surface area contributed by atoms with Crippen LogP contribution >= 0.6 is 23.1 Å². The molecule has 88 valence electrons. The molecule has 0 spiro atoms. The lowest BCUT2D eigenvalue weighted by Gasteiger charge is -2.08. The molecule has 1 aromatic heterocycles. The largest absolute Gasteiger partial charge is 0.350 e. The van der Waals surface area contributed by atoms with Crippen LogP contribution in [0.3, 0.4) is 0 Å². The molecular formula is C12H17NOS2. The van der Waals surface area contributed by atoms with Crippen molar-refractivity contribution in [3.63, 3.8) is 0 Å². The average molecular weight is 255 g/mol. The molecule has 1 heterocycles. The summed E-state index contributed by atoms with van der Waals surface area (Å²) in [6.07, 6.45) is 5.27. The second-order valence-electron chi connectivity index (χ2n) is 4.07. The van der Waals surface area contributed by atoms with Gasteiger partial charge in [-0.1, -0.05) is 18.9 Å². The Hall–Kier alpha value is -0.480. The van der Waals surface area contributed by atoms with E-state index in [-0.39, 0.29) is 5.91 Å². The minimum absolute atomic E-state index is 0.172. The van der Waals surface area contributed by atoms with Crippen molar-refractivity contribution >= 4 is 29.0 Å². The first-order valence-corrected chi connectivity index (χ1v) is 7.68. The Morgan fingerprint density at radius 1 is 1.50 bits per heavy atom. The minimum atomic E-state index is 0.172. The highest BCUT2D eigenvalue weighted by Crippen LogP contribution is 2.29. The lowest BCUT2D eigenvalue weighted by Crippen LogP contribution is -2.24. The zero-order valence-corrected chi connectivity index (χ0v) is 10.9. The summed E-state index contributed by atoms with van der Waals surface area (Å²) in [6.45, 7) is 0.682. The fourth-order valence-corrected chi connectivity index (χ4v) is 3.70. The topological polar surface area (TPSA) is 29.1 Å². The van der Waals surface area contributed by atoms with Crippen LogP contribution in [0.1, 0.15) is 30.6 Å². The van der Waals surface area contributed by atoms with Crippen LogP contribution in [0.2, 0.25) is 0 Å². The summed E-state index contributed by atoms with van der Waals surface area (Å²) in [4.78, 5) is 12.8. The van der Waals surface area contributed by atoms with E-state index in [1.54, 1.807) is 11.3 Å². The second-order valence-corrected chi connectivity index (χ2v) is 6.39. The zero-order valence-electron chi connectivity index (χ0n) is 9.28. The molecule has 1 fully saturated rings. The monoisotopic (exact) mass is 255 g/mol. The Kier molecular flexibility index (Phi) is 4.72. The normalized spacial score (nSPS) is 16.5. The van der Waals surface area contributed by atoms with Crippen molar-refractivity contribution in [2.75, 3.05) is 5.75 Å². The standard InChI is InChI=1S/C12H17NOS2/c14-12(9-16-10-4-1-2-5-10)13-8-11-6-3-7-15-11/h3,6-7,10H,1-2,4-5,8-9H2,(H,13,14). The summed E-state index contributed by atoms with van der Waals surface area (Å²) in [5, 5.41) is 5.73. The summed E-state index contributed by atoms with van der Waals surface area (Å²) < 4.78 is 0. The Labute approximate surface area is 105 Å². The maximum absolute atomic E-state index is 11.6. The molecule has 0 saturated heterocycles. The van der Waals surface area contributed by atoms with Crippen molar-refractivity contribution in [1.29, 1.82) is 0 Å². The Bertz CT molecular complexity index is 318. The molecule has 2 rings (SSSR count). The minimum Gasteiger partial charge on any atom is -0.350 e. The van der Waals surface area contributed by atoms with Crippen molar-refractivity contribution < 1.29 is 4.79 Å². The average Bonchev–Trinajstić information content (AvgIpc) is 2.96. The van der Waals surface area contributed by atoms with Gasteiger partial charge in [-0.3, -0.25) is 4.79 Å². The van der Waals surface area contributed by atoms with Gasteiger partial charge in [-0.25, -0.2) is 0 Å². The molecule has 4 heteroatoms. The third-order valence-corrected chi connectivity index (χ3v) is 5.04. The molecule has 0 atom stereocenters. The quantitative estimate of drug-likeness (QED) is 0.876. The van der Waals surface area contributed by atoms with Gasteiger partial charge in [0.05, 0.1) is 12.3 Å². The molecule has 2 nitrogen and oxygen atoms in total. The predicted molar refractivity (Wildman–Crippen MR) is 70.9 cm³/mol. The van der Waals surface area contributed by atoms with Crippen LogP contribution in [-0.2, 0) is 11.3 Å². The molecule has 0 aliphatic heterocycles. The van der Waals surface area contributed by atoms with Gasteiger partial charge in [0.2, 0.25) is 5.91 Å². The number of rotatable bonds is 5. The molecule has 0 bridgehead atoms. The van der Waals surface area contributed by atoms with Crippen molar-refractivity contribution in [3.05, 3.63) is 22.4 Å². The first kappa shape index (κ1) is 12.0. The number of carbonyl (C=O) groups excluding carboxylic acids is 1. The molecular weight excluding hydrogens is 238 g/mol. The summed E-state index contributed by atoms with van der Waals surface area (Å²) in [6, 6.07) is 4.06. The van der Waals surface area contributed by atoms with E-state index in [0.717, 1.165) is 5.25 Å². The van der Waals surface area contributed by atoms with E-state index in [9.17, 15) is 4.79 Å². The van der Waals surface area contributed by atoms with Gasteiger partial charge in [-0.15, -0.1) is 23.1 Å². The van der Waals surface area contributed by atoms with Gasteiger partial charge in [-0.05, 0) is 24.3 Å². The SMILES string of the molecule is O=C(CSC1CCCC1)NCc1cccs1. The molecule has 0 radical (unpaired) electrons. The third kappa shape index (κ3) is 3.83. The van der Waals surface area contributed by atoms with E-state index in [1.165, 1.54) is 30.6 Å². The van der Waals surface area contributed by atoms with E-state index in [0.29, 0.717) is 12.3 Å². The molecule has 1 aliphatic rings. The van der Waals surface area contributed by atoms with Crippen LogP contribution in [0.15, 0.2) is 17.5 Å². The lowest BCUT2D eigenvalue weighted by atomic mass is 10.4. The first-order valence-electron chi connectivity index (χ1n) is 5.75. The molecule has 1 amide bonds. The number of hydrogen-bond acceptors (Lipinski definition) is 3. The molecule has 16 heavy (non-hydrogen) atoms. The van der Waals surface area contributed by atoms with Crippen LogP contribution in [0, 0.1) is 0 Å². The summed E-state index contributed by atoms with van der Waals surface area (Å²) in [7, 11) is 0. The number of amides is 1. The highest BCUT2D eigenvalue weighted by Gasteiger charge is 2.16. The van der Waals surface area contributed by atoms with E-state index in [4.69, 9.17) is 0 Å². The van der Waals surface area contributed by atoms with Crippen molar-refractivity contribution in [1.82, 2.24) is 5.32 Å². The number of nitrogens with one attached hydrogen (secondary N) is 1. The van der Waals surface area contributed by atoms with E-state index in [1.807, 2.05) is 23.2 Å². The molecule has 1 N–H and O–H groups in total. The number of thioether (sulfide) groups is 1. The maximum atomic E-state index is 11.6. The summed E-state index contributed by atoms with van der Waals surface area (Å²) in [5.41, 5.74) is 0. The van der Waals surface area contributed by atoms with Crippen LogP contribution in [0.25, 0.3) is 0 Å². The van der Waals surface area contributed by atoms with E-state index >= 15 is 0 Å². The fraction of sp³-hybridized carbons (Fsp3) is 0.583. The lowest BCUT2D eigenvalue weighted by molar-refractivity contribution is -0.118. The zero-order chi connectivity index (χ0) is 11.2. The maximum Gasteiger partial charge on any atom is 0.230 e. The Balaban J connectivity index is 1.60. The molecule has 1 saturated carbocycles. The van der Waals surface area contributed by atoms with Gasteiger partial charge in [0.25, 0.3) is 0 Å². The Morgan fingerprint density at radius 3 is 3.00 bits per heavy atom. The molecule has 0 unspecified atom stereocenters. The number of carbonyl (C=O) groups is 1. The van der Waals surface area contributed by atoms with E-state index in [2.05, 4.69) is 11.4 Å². The summed E-state index contributed by atoms with van der Waals surface area (Å²) in [5.74, 6) is 0.793. The van der Waals surface area contributed by atoms with Crippen LogP contribution < -0.4 is 5.32 Å². The van der Waals surface area contributed by atoms with Crippen LogP contribution in [-0.4, -0.2) is 16.9 Å². The predicted octanol–water partition coefficient (Wildman–Crippen LogP) is 3.04. The molecule has 1 aromatic rings. The Morgan fingerprint density at radius 2 is 2.31 bits per heavy atom. The van der Waals surface area contributed by atoms with Gasteiger partial charge in [-0.2, -0.15) is 0 Å². The molecule has 1 aliphatic carbocycles. The van der Waals surface area contributed by atoms with Crippen molar-refractivity contribution in [2.45, 2.75) is 37.5 Å². The second kappa shape index (κ2) is 6.30. The van der Waals surface area contributed by atoms with Crippen LogP contribution in [0.4, 0.5) is 0 Å². The van der Waals surface area contributed by atoms with Gasteiger partial charge in [0.15, 0.2) is 0 Å².